The number of fused-ring (bicyclic) bond motifs is 4. The number of para-hydroxylation sites is 2. The van der Waals surface area contributed by atoms with Gasteiger partial charge < -0.3 is 4.90 Å². The first kappa shape index (κ1) is 44.0. The maximum atomic E-state index is 2.52. The van der Waals surface area contributed by atoms with Crippen molar-refractivity contribution in [2.45, 2.75) is 59.3 Å². The van der Waals surface area contributed by atoms with E-state index < -0.39 is 0 Å². The number of benzene rings is 10. The van der Waals surface area contributed by atoms with Gasteiger partial charge in [0.25, 0.3) is 0 Å². The Balaban J connectivity index is 1.16. The lowest BCUT2D eigenvalue weighted by atomic mass is 9.78. The molecule has 0 aliphatic carbocycles. The van der Waals surface area contributed by atoms with E-state index in [1.807, 2.05) is 11.3 Å². The van der Waals surface area contributed by atoms with E-state index in [9.17, 15) is 0 Å². The Morgan fingerprint density at radius 3 is 1.61 bits per heavy atom. The van der Waals surface area contributed by atoms with E-state index in [4.69, 9.17) is 0 Å². The summed E-state index contributed by atoms with van der Waals surface area (Å²) in [6.07, 6.45) is 0. The van der Waals surface area contributed by atoms with Gasteiger partial charge in [0.1, 0.15) is 0 Å². The zero-order chi connectivity index (χ0) is 47.4. The van der Waals surface area contributed by atoms with Crippen molar-refractivity contribution in [1.29, 1.82) is 0 Å². The number of nitrogens with zero attached hydrogens (tertiary/aromatic N) is 1. The summed E-state index contributed by atoms with van der Waals surface area (Å²) < 4.78 is 2.63. The zero-order valence-corrected chi connectivity index (χ0v) is 41.5. The minimum Gasteiger partial charge on any atom is -0.309 e. The molecule has 2 heteroatoms. The first-order valence-electron chi connectivity index (χ1n) is 24.2. The lowest BCUT2D eigenvalue weighted by Crippen LogP contribution is -2.16. The van der Waals surface area contributed by atoms with E-state index in [0.29, 0.717) is 0 Å². The topological polar surface area (TPSA) is 3.24 Å². The molecular weight excluding hydrogens is 851 g/mol. The number of rotatable bonds is 8. The predicted molar refractivity (Wildman–Crippen MR) is 301 cm³/mol. The lowest BCUT2D eigenvalue weighted by Gasteiger charge is -2.31. The van der Waals surface area contributed by atoms with Gasteiger partial charge in [0, 0.05) is 37.0 Å². The van der Waals surface area contributed by atoms with Crippen molar-refractivity contribution in [3.8, 4) is 55.6 Å². The molecule has 0 amide bonds. The van der Waals surface area contributed by atoms with Gasteiger partial charge in [0.2, 0.25) is 0 Å². The van der Waals surface area contributed by atoms with Gasteiger partial charge in [-0.15, -0.1) is 11.3 Å². The second-order valence-corrected chi connectivity index (χ2v) is 21.7. The predicted octanol–water partition coefficient (Wildman–Crippen LogP) is 19.9. The van der Waals surface area contributed by atoms with E-state index >= 15 is 0 Å². The molecule has 0 atom stereocenters. The van der Waals surface area contributed by atoms with Crippen LogP contribution in [0.15, 0.2) is 218 Å². The molecule has 0 aliphatic heterocycles. The number of anilines is 3. The highest BCUT2D eigenvalue weighted by Gasteiger charge is 2.25. The SMILES string of the molecule is Cc1ccc(N(c2ccccc2-c2ccc(-c3ccccc3)cc2)c2ccccc2-c2cccc3cccc(-c4cc(C(C)(C)C)cc(C(C)(C)C)c4)c23)cc1-c1cccc2c1sc1ccccc12. The molecule has 0 N–H and O–H groups in total. The highest BCUT2D eigenvalue weighted by atomic mass is 32.1. The van der Waals surface area contributed by atoms with Gasteiger partial charge in [0.15, 0.2) is 0 Å². The molecule has 0 fully saturated rings. The molecule has 0 saturated carbocycles. The van der Waals surface area contributed by atoms with Crippen LogP contribution in [-0.4, -0.2) is 0 Å². The quantitative estimate of drug-likeness (QED) is 0.147. The van der Waals surface area contributed by atoms with Crippen molar-refractivity contribution in [2.24, 2.45) is 0 Å². The zero-order valence-electron chi connectivity index (χ0n) is 40.6. The monoisotopic (exact) mass is 907 g/mol. The lowest BCUT2D eigenvalue weighted by molar-refractivity contribution is 0.569. The van der Waals surface area contributed by atoms with Gasteiger partial charge in [-0.3, -0.25) is 0 Å². The Morgan fingerprint density at radius 1 is 0.362 bits per heavy atom. The molecule has 69 heavy (non-hydrogen) atoms. The van der Waals surface area contributed by atoms with Crippen LogP contribution in [0.3, 0.4) is 0 Å². The minimum atomic E-state index is -0.0127. The Labute approximate surface area is 412 Å². The van der Waals surface area contributed by atoms with Crippen LogP contribution >= 0.6 is 11.3 Å². The van der Waals surface area contributed by atoms with Crippen LogP contribution in [0.1, 0.15) is 58.2 Å². The average Bonchev–Trinajstić information content (AvgIpc) is 3.76. The van der Waals surface area contributed by atoms with E-state index in [0.717, 1.165) is 28.2 Å². The number of hydrogen-bond acceptors (Lipinski definition) is 2. The van der Waals surface area contributed by atoms with Crippen molar-refractivity contribution >= 4 is 59.3 Å². The standard InChI is InChI=1S/C67H57NS/c1-44-34-39-52(43-60(44)59-30-19-29-58-56-26-13-16-33-63(56)69-65(58)59)68(61-31-14-11-24-53(61)47-37-35-46(36-38-47)45-20-9-8-10-21-45)62-32-15-12-25-55(62)57-28-18-23-48-22-17-27-54(64(48)57)49-40-50(66(2,3)4)42-51(41-49)67(5,6)7/h8-43H,1-7H3. The molecule has 0 radical (unpaired) electrons. The highest BCUT2D eigenvalue weighted by molar-refractivity contribution is 7.26. The van der Waals surface area contributed by atoms with Crippen molar-refractivity contribution in [1.82, 2.24) is 0 Å². The van der Waals surface area contributed by atoms with Gasteiger partial charge >= 0.3 is 0 Å². The molecule has 11 aromatic rings. The molecule has 0 spiro atoms. The van der Waals surface area contributed by atoms with Crippen LogP contribution in [0, 0.1) is 6.92 Å². The molecular formula is C67H57NS. The van der Waals surface area contributed by atoms with Gasteiger partial charge in [-0.05, 0) is 120 Å². The van der Waals surface area contributed by atoms with Crippen molar-refractivity contribution < 1.29 is 0 Å². The summed E-state index contributed by atoms with van der Waals surface area (Å²) in [4.78, 5) is 2.52. The van der Waals surface area contributed by atoms with Gasteiger partial charge in [-0.1, -0.05) is 230 Å². The summed E-state index contributed by atoms with van der Waals surface area (Å²) >= 11 is 1.89. The van der Waals surface area contributed by atoms with E-state index in [-0.39, 0.29) is 10.8 Å². The Kier molecular flexibility index (Phi) is 11.2. The number of hydrogen-bond donors (Lipinski definition) is 0. The second-order valence-electron chi connectivity index (χ2n) is 20.6. The molecule has 0 unspecified atom stereocenters. The highest BCUT2D eigenvalue weighted by Crippen LogP contribution is 2.49. The Bertz CT molecular complexity index is 3650. The first-order chi connectivity index (χ1) is 33.4. The summed E-state index contributed by atoms with van der Waals surface area (Å²) in [7, 11) is 0. The van der Waals surface area contributed by atoms with Crippen LogP contribution < -0.4 is 4.90 Å². The molecule has 1 nitrogen and oxygen atoms in total. The maximum absolute atomic E-state index is 2.52. The molecule has 1 heterocycles. The average molecular weight is 908 g/mol. The third kappa shape index (κ3) is 8.24. The fraction of sp³-hybridized carbons (Fsp3) is 0.134. The number of thiophene rings is 1. The molecule has 0 saturated heterocycles. The third-order valence-corrected chi connectivity index (χ3v) is 15.2. The molecule has 10 aromatic carbocycles. The van der Waals surface area contributed by atoms with E-state index in [1.54, 1.807) is 0 Å². The Morgan fingerprint density at radius 2 is 0.899 bits per heavy atom. The van der Waals surface area contributed by atoms with Crippen molar-refractivity contribution in [3.63, 3.8) is 0 Å². The number of aryl methyl sites for hydroxylation is 1. The second kappa shape index (κ2) is 17.5. The van der Waals surface area contributed by atoms with E-state index in [1.165, 1.54) is 92.1 Å². The van der Waals surface area contributed by atoms with Crippen molar-refractivity contribution in [3.05, 3.63) is 235 Å². The van der Waals surface area contributed by atoms with E-state index in [2.05, 4.69) is 272 Å². The summed E-state index contributed by atoms with van der Waals surface area (Å²) in [5.41, 5.74) is 19.3. The molecule has 11 rings (SSSR count). The van der Waals surface area contributed by atoms with Crippen LogP contribution in [0.4, 0.5) is 17.1 Å². The van der Waals surface area contributed by atoms with Gasteiger partial charge in [-0.2, -0.15) is 0 Å². The summed E-state index contributed by atoms with van der Waals surface area (Å²) in [6.45, 7) is 16.2. The van der Waals surface area contributed by atoms with Gasteiger partial charge in [-0.25, -0.2) is 0 Å². The Hall–Kier alpha value is -7.52. The summed E-state index contributed by atoms with van der Waals surface area (Å²) in [6, 6.07) is 81.3. The maximum Gasteiger partial charge on any atom is 0.0540 e. The third-order valence-electron chi connectivity index (χ3n) is 13.9. The summed E-state index contributed by atoms with van der Waals surface area (Å²) in [5, 5.41) is 5.09. The minimum absolute atomic E-state index is 0.0127. The molecule has 336 valence electrons. The smallest absolute Gasteiger partial charge is 0.0540 e. The molecule has 0 bridgehead atoms. The molecule has 0 aliphatic rings. The van der Waals surface area contributed by atoms with Crippen LogP contribution in [0.25, 0.3) is 86.6 Å². The van der Waals surface area contributed by atoms with Crippen molar-refractivity contribution in [2.75, 3.05) is 4.90 Å². The van der Waals surface area contributed by atoms with Crippen LogP contribution in [-0.2, 0) is 10.8 Å². The fourth-order valence-corrected chi connectivity index (χ4v) is 11.4. The van der Waals surface area contributed by atoms with Gasteiger partial charge in [0.05, 0.1) is 11.4 Å². The molecule has 1 aromatic heterocycles. The fourth-order valence-electron chi connectivity index (χ4n) is 10.1. The van der Waals surface area contributed by atoms with Crippen LogP contribution in [0.2, 0.25) is 0 Å². The summed E-state index contributed by atoms with van der Waals surface area (Å²) in [5.74, 6) is 0. The van der Waals surface area contributed by atoms with Crippen LogP contribution in [0.5, 0.6) is 0 Å². The normalized spacial score (nSPS) is 12.0. The first-order valence-corrected chi connectivity index (χ1v) is 25.1. The largest absolute Gasteiger partial charge is 0.309 e.